The maximum atomic E-state index is 11.9. The highest BCUT2D eigenvalue weighted by molar-refractivity contribution is 7.58. The molecule has 0 amide bonds. The van der Waals surface area contributed by atoms with E-state index in [0.29, 0.717) is 6.16 Å². The average Bonchev–Trinajstić information content (AvgIpc) is 2.18. The van der Waals surface area contributed by atoms with Crippen molar-refractivity contribution in [2.24, 2.45) is 0 Å². The zero-order valence-electron chi connectivity index (χ0n) is 7.89. The zero-order chi connectivity index (χ0) is 10.0. The first-order chi connectivity index (χ1) is 6.70. The molecule has 76 valence electrons. The third-order valence-electron chi connectivity index (χ3n) is 2.51. The Morgan fingerprint density at radius 3 is 2.71 bits per heavy atom. The van der Waals surface area contributed by atoms with E-state index in [0.717, 1.165) is 18.5 Å². The van der Waals surface area contributed by atoms with Crippen LogP contribution in [-0.4, -0.2) is 17.6 Å². The second-order valence-corrected chi connectivity index (χ2v) is 6.07. The van der Waals surface area contributed by atoms with Crippen molar-refractivity contribution < 1.29 is 9.46 Å². The van der Waals surface area contributed by atoms with Crippen LogP contribution in [0.25, 0.3) is 0 Å². The van der Waals surface area contributed by atoms with Crippen molar-refractivity contribution in [1.82, 2.24) is 5.32 Å². The summed E-state index contributed by atoms with van der Waals surface area (Å²) < 4.78 is 11.9. The summed E-state index contributed by atoms with van der Waals surface area (Å²) in [6, 6.07) is 9.49. The third-order valence-corrected chi connectivity index (χ3v) is 4.76. The number of nitrogens with one attached hydrogen (secondary N) is 1. The number of benzene rings is 1. The monoisotopic (exact) mass is 211 g/mol. The lowest BCUT2D eigenvalue weighted by atomic mass is 10.2. The minimum absolute atomic E-state index is 0.363. The predicted octanol–water partition coefficient (Wildman–Crippen LogP) is 1.95. The molecule has 2 atom stereocenters. The number of hydrogen-bond acceptors (Lipinski definition) is 2. The van der Waals surface area contributed by atoms with Crippen LogP contribution in [0.1, 0.15) is 17.8 Å². The first kappa shape index (κ1) is 9.91. The fourth-order valence-electron chi connectivity index (χ4n) is 1.80. The lowest BCUT2D eigenvalue weighted by Crippen LogP contribution is -2.28. The molecule has 0 saturated carbocycles. The molecule has 1 unspecified atom stereocenters. The topological polar surface area (TPSA) is 49.3 Å². The van der Waals surface area contributed by atoms with Gasteiger partial charge in [0.2, 0.25) is 7.37 Å². The molecule has 0 radical (unpaired) electrons. The van der Waals surface area contributed by atoms with Crippen molar-refractivity contribution in [2.45, 2.75) is 12.2 Å². The Hall–Kier alpha value is -0.630. The lowest BCUT2D eigenvalue weighted by molar-refractivity contribution is 0.430. The van der Waals surface area contributed by atoms with Gasteiger partial charge in [0.15, 0.2) is 0 Å². The zero-order valence-corrected chi connectivity index (χ0v) is 8.78. The van der Waals surface area contributed by atoms with Gasteiger partial charge in [-0.15, -0.1) is 0 Å². The van der Waals surface area contributed by atoms with Gasteiger partial charge < -0.3 is 10.2 Å². The van der Waals surface area contributed by atoms with Gasteiger partial charge in [-0.1, -0.05) is 30.3 Å². The van der Waals surface area contributed by atoms with Crippen LogP contribution in [0.5, 0.6) is 0 Å². The fraction of sp³-hybridized carbons (Fsp3) is 0.400. The summed E-state index contributed by atoms with van der Waals surface area (Å²) in [4.78, 5) is 9.78. The second kappa shape index (κ2) is 3.85. The maximum absolute atomic E-state index is 11.9. The van der Waals surface area contributed by atoms with Crippen LogP contribution in [-0.2, 0) is 4.57 Å². The molecule has 1 saturated heterocycles. The van der Waals surface area contributed by atoms with Gasteiger partial charge in [0.05, 0.1) is 0 Å². The highest BCUT2D eigenvalue weighted by Crippen LogP contribution is 2.55. The largest absolute Gasteiger partial charge is 0.343 e. The molecule has 2 N–H and O–H groups in total. The van der Waals surface area contributed by atoms with E-state index in [9.17, 15) is 9.46 Å². The Morgan fingerprint density at radius 2 is 2.07 bits per heavy atom. The van der Waals surface area contributed by atoms with Gasteiger partial charge in [-0.25, -0.2) is 0 Å². The molecule has 1 aromatic rings. The summed E-state index contributed by atoms with van der Waals surface area (Å²) in [7, 11) is -3.03. The van der Waals surface area contributed by atoms with E-state index < -0.39 is 7.37 Å². The Labute approximate surface area is 83.6 Å². The summed E-state index contributed by atoms with van der Waals surface area (Å²) in [5, 5.41) is 3.11. The molecule has 0 bridgehead atoms. The summed E-state index contributed by atoms with van der Waals surface area (Å²) in [6.07, 6.45) is 1.22. The van der Waals surface area contributed by atoms with E-state index in [1.807, 2.05) is 30.3 Å². The first-order valence-corrected chi connectivity index (χ1v) is 6.71. The molecule has 4 heteroatoms. The van der Waals surface area contributed by atoms with Gasteiger partial charge in [0, 0.05) is 6.16 Å². The molecule has 0 spiro atoms. The minimum Gasteiger partial charge on any atom is -0.343 e. The lowest BCUT2D eigenvalue weighted by Gasteiger charge is -2.29. The van der Waals surface area contributed by atoms with Crippen LogP contribution in [0, 0.1) is 0 Å². The summed E-state index contributed by atoms with van der Waals surface area (Å²) in [6.45, 7) is 0.824. The highest BCUT2D eigenvalue weighted by atomic mass is 31.2. The molecule has 14 heavy (non-hydrogen) atoms. The molecule has 2 rings (SSSR count). The van der Waals surface area contributed by atoms with Gasteiger partial charge in [-0.3, -0.25) is 4.57 Å². The van der Waals surface area contributed by atoms with Crippen LogP contribution in [0.3, 0.4) is 0 Å². The normalized spacial score (nSPS) is 32.8. The average molecular weight is 211 g/mol. The van der Waals surface area contributed by atoms with Gasteiger partial charge >= 0.3 is 0 Å². The molecular weight excluding hydrogens is 197 g/mol. The Bertz CT molecular complexity index is 352. The summed E-state index contributed by atoms with van der Waals surface area (Å²) >= 11 is 0. The van der Waals surface area contributed by atoms with Crippen LogP contribution in [0.4, 0.5) is 0 Å². The maximum Gasteiger partial charge on any atom is 0.221 e. The molecule has 1 aromatic carbocycles. The van der Waals surface area contributed by atoms with Gasteiger partial charge in [-0.05, 0) is 18.5 Å². The summed E-state index contributed by atoms with van der Waals surface area (Å²) in [5.74, 6) is -0.363. The van der Waals surface area contributed by atoms with Crippen LogP contribution in [0.2, 0.25) is 0 Å². The molecule has 0 aromatic heterocycles. The molecule has 0 aliphatic carbocycles. The Kier molecular flexibility index (Phi) is 2.73. The molecule has 3 nitrogen and oxygen atoms in total. The van der Waals surface area contributed by atoms with Crippen LogP contribution in [0.15, 0.2) is 30.3 Å². The van der Waals surface area contributed by atoms with E-state index in [4.69, 9.17) is 0 Å². The van der Waals surface area contributed by atoms with Gasteiger partial charge in [-0.2, -0.15) is 0 Å². The molecular formula is C10H14NO2P. The second-order valence-electron chi connectivity index (χ2n) is 3.60. The molecule has 1 fully saturated rings. The number of hydrogen-bond donors (Lipinski definition) is 2. The number of rotatable bonds is 1. The van der Waals surface area contributed by atoms with Crippen molar-refractivity contribution in [3.8, 4) is 0 Å². The van der Waals surface area contributed by atoms with Crippen molar-refractivity contribution in [3.05, 3.63) is 35.9 Å². The van der Waals surface area contributed by atoms with E-state index >= 15 is 0 Å². The van der Waals surface area contributed by atoms with Crippen molar-refractivity contribution in [3.63, 3.8) is 0 Å². The summed E-state index contributed by atoms with van der Waals surface area (Å²) in [5.41, 5.74) is 0.915. The molecule has 1 aliphatic heterocycles. The first-order valence-electron chi connectivity index (χ1n) is 4.80. The standard InChI is InChI=1S/C10H14NO2P/c12-14(13)8-4-7-11-10(14)9-5-2-1-3-6-9/h1-3,5-6,10-11H,4,7-8H2,(H,12,13)/t10-/m0/s1. The van der Waals surface area contributed by atoms with Gasteiger partial charge in [0.25, 0.3) is 0 Å². The predicted molar refractivity (Wildman–Crippen MR) is 56.5 cm³/mol. The SMILES string of the molecule is O=P1(O)CCCN[C@@H]1c1ccccc1. The fourth-order valence-corrected chi connectivity index (χ4v) is 3.72. The van der Waals surface area contributed by atoms with Crippen molar-refractivity contribution >= 4 is 7.37 Å². The van der Waals surface area contributed by atoms with Crippen molar-refractivity contribution in [1.29, 1.82) is 0 Å². The van der Waals surface area contributed by atoms with E-state index in [-0.39, 0.29) is 5.78 Å². The third kappa shape index (κ3) is 1.90. The highest BCUT2D eigenvalue weighted by Gasteiger charge is 2.34. The van der Waals surface area contributed by atoms with E-state index in [1.165, 1.54) is 0 Å². The van der Waals surface area contributed by atoms with E-state index in [1.54, 1.807) is 0 Å². The van der Waals surface area contributed by atoms with Crippen LogP contribution >= 0.6 is 7.37 Å². The van der Waals surface area contributed by atoms with Crippen molar-refractivity contribution in [2.75, 3.05) is 12.7 Å². The smallest absolute Gasteiger partial charge is 0.221 e. The molecule has 1 heterocycles. The van der Waals surface area contributed by atoms with Crippen LogP contribution < -0.4 is 5.32 Å². The quantitative estimate of drug-likeness (QED) is 0.698. The molecule has 1 aliphatic rings. The van der Waals surface area contributed by atoms with E-state index in [2.05, 4.69) is 5.32 Å². The Morgan fingerprint density at radius 1 is 1.36 bits per heavy atom. The Balaban J connectivity index is 2.29. The van der Waals surface area contributed by atoms with Gasteiger partial charge in [0.1, 0.15) is 5.78 Å². The minimum atomic E-state index is -3.03.